The highest BCUT2D eigenvalue weighted by atomic mass is 32.2. The molecule has 0 unspecified atom stereocenters. The Labute approximate surface area is 159 Å². The van der Waals surface area contributed by atoms with E-state index in [1.54, 1.807) is 29.9 Å². The molecule has 0 aliphatic carbocycles. The van der Waals surface area contributed by atoms with Crippen LogP contribution >= 0.6 is 0 Å². The van der Waals surface area contributed by atoms with Crippen molar-refractivity contribution in [3.05, 3.63) is 42.1 Å². The molecule has 3 rings (SSSR count). The fourth-order valence-electron chi connectivity index (χ4n) is 3.15. The zero-order chi connectivity index (χ0) is 19.6. The van der Waals surface area contributed by atoms with Gasteiger partial charge >= 0.3 is 0 Å². The van der Waals surface area contributed by atoms with Gasteiger partial charge in [0.2, 0.25) is 0 Å². The normalized spacial score (nSPS) is 18.1. The molecule has 1 N–H and O–H groups in total. The molecule has 0 saturated carbocycles. The zero-order valence-electron chi connectivity index (χ0n) is 15.8. The van der Waals surface area contributed by atoms with Crippen molar-refractivity contribution in [3.63, 3.8) is 0 Å². The van der Waals surface area contributed by atoms with Crippen molar-refractivity contribution in [2.24, 2.45) is 13.0 Å². The fourth-order valence-corrected chi connectivity index (χ4v) is 4.62. The van der Waals surface area contributed by atoms with Gasteiger partial charge in [-0.2, -0.15) is 4.31 Å². The molecule has 1 aliphatic rings. The first-order chi connectivity index (χ1) is 12.8. The molecule has 1 fully saturated rings. The zero-order valence-corrected chi connectivity index (χ0v) is 16.6. The maximum Gasteiger partial charge on any atom is 0.262 e. The molecule has 9 heteroatoms. The van der Waals surface area contributed by atoms with E-state index in [0.717, 1.165) is 0 Å². The van der Waals surface area contributed by atoms with E-state index in [0.29, 0.717) is 43.2 Å². The van der Waals surface area contributed by atoms with Gasteiger partial charge in [-0.15, -0.1) is 0 Å². The van der Waals surface area contributed by atoms with E-state index < -0.39 is 10.0 Å². The number of amides is 1. The molecular formula is C18H25N5O3S. The van der Waals surface area contributed by atoms with Crippen LogP contribution in [0.15, 0.2) is 35.9 Å². The van der Waals surface area contributed by atoms with Gasteiger partial charge in [0, 0.05) is 45.0 Å². The highest BCUT2D eigenvalue weighted by Crippen LogP contribution is 2.31. The van der Waals surface area contributed by atoms with Gasteiger partial charge in [0.05, 0.1) is 17.6 Å². The first kappa shape index (κ1) is 19.5. The summed E-state index contributed by atoms with van der Waals surface area (Å²) in [4.78, 5) is 20.9. The quantitative estimate of drug-likeness (QED) is 0.802. The number of nitrogens with zero attached hydrogens (tertiary/aromatic N) is 4. The highest BCUT2D eigenvalue weighted by molar-refractivity contribution is 7.89. The molecule has 0 spiro atoms. The largest absolute Gasteiger partial charge is 0.352 e. The number of hydrogen-bond donors (Lipinski definition) is 1. The summed E-state index contributed by atoms with van der Waals surface area (Å²) >= 11 is 0. The molecule has 1 aliphatic heterocycles. The molecule has 1 amide bonds. The summed E-state index contributed by atoms with van der Waals surface area (Å²) in [6.45, 7) is 5.31. The molecule has 0 bridgehead atoms. The second-order valence-electron chi connectivity index (χ2n) is 7.27. The molecule has 2 aromatic rings. The highest BCUT2D eigenvalue weighted by Gasteiger charge is 2.36. The van der Waals surface area contributed by atoms with Gasteiger partial charge in [-0.05, 0) is 24.5 Å². The van der Waals surface area contributed by atoms with E-state index in [1.165, 1.54) is 16.8 Å². The van der Waals surface area contributed by atoms with Crippen molar-refractivity contribution in [3.8, 4) is 0 Å². The topological polar surface area (TPSA) is 97.2 Å². The van der Waals surface area contributed by atoms with Gasteiger partial charge in [0.15, 0.2) is 5.03 Å². The predicted molar refractivity (Wildman–Crippen MR) is 101 cm³/mol. The van der Waals surface area contributed by atoms with Gasteiger partial charge in [0.1, 0.15) is 0 Å². The van der Waals surface area contributed by atoms with Crippen molar-refractivity contribution in [2.75, 3.05) is 19.6 Å². The van der Waals surface area contributed by atoms with Crippen molar-refractivity contribution in [1.29, 1.82) is 0 Å². The third-order valence-corrected chi connectivity index (χ3v) is 6.33. The van der Waals surface area contributed by atoms with Crippen LogP contribution in [-0.2, 0) is 17.1 Å². The minimum Gasteiger partial charge on any atom is -0.352 e. The van der Waals surface area contributed by atoms with Crippen molar-refractivity contribution >= 4 is 15.9 Å². The van der Waals surface area contributed by atoms with Gasteiger partial charge < -0.3 is 9.88 Å². The van der Waals surface area contributed by atoms with Crippen molar-refractivity contribution < 1.29 is 13.2 Å². The van der Waals surface area contributed by atoms with Crippen LogP contribution in [0.4, 0.5) is 0 Å². The molecule has 0 aromatic carbocycles. The standard InChI is InChI=1S/C18H25N5O3S/c1-13(2)9-20-18(24)15-5-4-7-19-17(15)14-6-8-23(10-14)27(25,26)16-11-22(3)12-21-16/h4-5,7,11-14H,6,8-10H2,1-3H3,(H,20,24)/t14-/m1/s1. The van der Waals surface area contributed by atoms with Crippen LogP contribution in [-0.4, -0.2) is 52.8 Å². The van der Waals surface area contributed by atoms with E-state index in [2.05, 4.69) is 15.3 Å². The summed E-state index contributed by atoms with van der Waals surface area (Å²) in [6.07, 6.45) is 5.22. The second kappa shape index (κ2) is 7.77. The molecular weight excluding hydrogens is 366 g/mol. The number of imidazole rings is 1. The van der Waals surface area contributed by atoms with Crippen molar-refractivity contribution in [1.82, 2.24) is 24.2 Å². The molecule has 8 nitrogen and oxygen atoms in total. The van der Waals surface area contributed by atoms with E-state index in [4.69, 9.17) is 0 Å². The average molecular weight is 391 g/mol. The number of aryl methyl sites for hydroxylation is 1. The predicted octanol–water partition coefficient (Wildman–Crippen LogP) is 1.38. The summed E-state index contributed by atoms with van der Waals surface area (Å²) in [7, 11) is -1.91. The van der Waals surface area contributed by atoms with Gasteiger partial charge in [-0.25, -0.2) is 13.4 Å². The second-order valence-corrected chi connectivity index (χ2v) is 9.15. The Hall–Kier alpha value is -2.26. The lowest BCUT2D eigenvalue weighted by atomic mass is 9.98. The van der Waals surface area contributed by atoms with Crippen LogP contribution in [0.2, 0.25) is 0 Å². The number of pyridine rings is 1. The van der Waals surface area contributed by atoms with E-state index in [-0.39, 0.29) is 16.9 Å². The Kier molecular flexibility index (Phi) is 5.61. The van der Waals surface area contributed by atoms with Gasteiger partial charge in [-0.3, -0.25) is 9.78 Å². The van der Waals surface area contributed by atoms with Crippen molar-refractivity contribution in [2.45, 2.75) is 31.2 Å². The number of carbonyl (C=O) groups excluding carboxylic acids is 1. The summed E-state index contributed by atoms with van der Waals surface area (Å²) in [5, 5.41) is 2.95. The Morgan fingerprint density at radius 3 is 2.81 bits per heavy atom. The Morgan fingerprint density at radius 1 is 1.37 bits per heavy atom. The van der Waals surface area contributed by atoms with E-state index in [1.807, 2.05) is 13.8 Å². The molecule has 2 aromatic heterocycles. The first-order valence-electron chi connectivity index (χ1n) is 9.00. The summed E-state index contributed by atoms with van der Waals surface area (Å²) in [5.74, 6) is 0.0573. The summed E-state index contributed by atoms with van der Waals surface area (Å²) in [6, 6.07) is 3.47. The summed E-state index contributed by atoms with van der Waals surface area (Å²) in [5.41, 5.74) is 1.16. The van der Waals surface area contributed by atoms with Crippen LogP contribution in [0.3, 0.4) is 0 Å². The monoisotopic (exact) mass is 391 g/mol. The minimum absolute atomic E-state index is 0.0431. The Balaban J connectivity index is 1.78. The smallest absolute Gasteiger partial charge is 0.262 e. The number of aromatic nitrogens is 3. The molecule has 1 atom stereocenters. The maximum absolute atomic E-state index is 12.8. The lowest BCUT2D eigenvalue weighted by Crippen LogP contribution is -2.30. The molecule has 3 heterocycles. The van der Waals surface area contributed by atoms with E-state index >= 15 is 0 Å². The molecule has 27 heavy (non-hydrogen) atoms. The molecule has 1 saturated heterocycles. The van der Waals surface area contributed by atoms with Crippen LogP contribution in [0.25, 0.3) is 0 Å². The van der Waals surface area contributed by atoms with Crippen LogP contribution in [0.1, 0.15) is 42.2 Å². The maximum atomic E-state index is 12.8. The van der Waals surface area contributed by atoms with E-state index in [9.17, 15) is 13.2 Å². The lowest BCUT2D eigenvalue weighted by Gasteiger charge is -2.17. The lowest BCUT2D eigenvalue weighted by molar-refractivity contribution is 0.0947. The number of sulfonamides is 1. The fraction of sp³-hybridized carbons (Fsp3) is 0.500. The van der Waals surface area contributed by atoms with Crippen LogP contribution < -0.4 is 5.32 Å². The number of nitrogens with one attached hydrogen (secondary N) is 1. The molecule has 0 radical (unpaired) electrons. The van der Waals surface area contributed by atoms with Crippen LogP contribution in [0, 0.1) is 5.92 Å². The Bertz CT molecular complexity index is 923. The summed E-state index contributed by atoms with van der Waals surface area (Å²) < 4.78 is 28.6. The third-order valence-electron chi connectivity index (χ3n) is 4.58. The minimum atomic E-state index is -3.64. The number of hydrogen-bond acceptors (Lipinski definition) is 5. The molecule has 146 valence electrons. The number of carbonyl (C=O) groups is 1. The first-order valence-corrected chi connectivity index (χ1v) is 10.4. The average Bonchev–Trinajstić information content (AvgIpc) is 3.29. The Morgan fingerprint density at radius 2 is 2.15 bits per heavy atom. The number of rotatable bonds is 6. The third kappa shape index (κ3) is 4.19. The van der Waals surface area contributed by atoms with Gasteiger partial charge in [0.25, 0.3) is 15.9 Å². The van der Waals surface area contributed by atoms with Gasteiger partial charge in [-0.1, -0.05) is 13.8 Å². The SMILES string of the molecule is CC(C)CNC(=O)c1cccnc1[C@@H]1CCN(S(=O)(=O)c2cn(C)cn2)C1. The van der Waals surface area contributed by atoms with Crippen LogP contribution in [0.5, 0.6) is 0 Å².